The first-order valence-electron chi connectivity index (χ1n) is 10.9. The fraction of sp³-hybridized carbons (Fsp3) is 0.696. The average molecular weight is 452 g/mol. The lowest BCUT2D eigenvalue weighted by atomic mass is 9.75. The summed E-state index contributed by atoms with van der Waals surface area (Å²) in [7, 11) is 0. The molecule has 1 aromatic heterocycles. The van der Waals surface area contributed by atoms with Gasteiger partial charge in [-0.1, -0.05) is 44.7 Å². The fourth-order valence-corrected chi connectivity index (χ4v) is 4.63. The zero-order chi connectivity index (χ0) is 22.1. The van der Waals surface area contributed by atoms with Crippen LogP contribution in [-0.2, 0) is 9.53 Å². The van der Waals surface area contributed by atoms with E-state index in [2.05, 4.69) is 29.8 Å². The Morgan fingerprint density at radius 2 is 2.20 bits per heavy atom. The Hall–Kier alpha value is -1.45. The third-order valence-corrected chi connectivity index (χ3v) is 7.46. The van der Waals surface area contributed by atoms with Crippen molar-refractivity contribution in [1.29, 1.82) is 5.26 Å². The Bertz CT molecular complexity index is 744. The number of hydrogen-bond donors (Lipinski definition) is 0. The molecule has 0 radical (unpaired) electrons. The molecule has 0 N–H and O–H groups in total. The predicted octanol–water partition coefficient (Wildman–Crippen LogP) is 5.96. The van der Waals surface area contributed by atoms with Crippen molar-refractivity contribution in [2.24, 2.45) is 17.3 Å². The van der Waals surface area contributed by atoms with Crippen molar-refractivity contribution < 1.29 is 9.53 Å². The van der Waals surface area contributed by atoms with Gasteiger partial charge in [-0.05, 0) is 32.3 Å². The number of unbranched alkanes of at least 4 members (excludes halogenated alkanes) is 1. The molecule has 0 spiro atoms. The van der Waals surface area contributed by atoms with Crippen molar-refractivity contribution in [1.82, 2.24) is 4.98 Å². The van der Waals surface area contributed by atoms with Crippen LogP contribution in [0.5, 0.6) is 0 Å². The van der Waals surface area contributed by atoms with E-state index in [9.17, 15) is 10.1 Å². The van der Waals surface area contributed by atoms with Crippen LogP contribution in [0.2, 0.25) is 5.02 Å². The molecular formula is C23H34ClN3O2S. The molecule has 0 bridgehead atoms. The highest BCUT2D eigenvalue weighted by molar-refractivity contribution is 7.99. The molecule has 0 amide bonds. The lowest BCUT2D eigenvalue weighted by molar-refractivity contribution is -0.144. The quantitative estimate of drug-likeness (QED) is 0.288. The summed E-state index contributed by atoms with van der Waals surface area (Å²) in [6.07, 6.45) is 6.63. The summed E-state index contributed by atoms with van der Waals surface area (Å²) >= 11 is 8.15. The van der Waals surface area contributed by atoms with Crippen LogP contribution in [-0.4, -0.2) is 36.4 Å². The lowest BCUT2D eigenvalue weighted by Crippen LogP contribution is -2.53. The largest absolute Gasteiger partial charge is 0.465 e. The molecule has 2 rings (SSSR count). The molecule has 2 heterocycles. The van der Waals surface area contributed by atoms with E-state index in [0.29, 0.717) is 35.6 Å². The van der Waals surface area contributed by atoms with Gasteiger partial charge >= 0.3 is 5.97 Å². The number of nitrogens with zero attached hydrogens (tertiary/aromatic N) is 3. The molecule has 0 saturated carbocycles. The van der Waals surface area contributed by atoms with E-state index >= 15 is 0 Å². The number of esters is 1. The minimum absolute atomic E-state index is 0.146. The van der Waals surface area contributed by atoms with Crippen LogP contribution in [0.4, 0.5) is 5.82 Å². The zero-order valence-corrected chi connectivity index (χ0v) is 20.2. The standard InChI is InChI=1S/C23H34ClN3O2S/c1-5-7-8-17(6-2)15-29-20(28)10-12-30-19-9-11-26-22(21(19)24)27-13-18(14-27)23(3,4)16-25/h9,11,17-18H,5-8,10,12-15H2,1-4H3. The highest BCUT2D eigenvalue weighted by Gasteiger charge is 2.40. The van der Waals surface area contributed by atoms with Gasteiger partial charge in [0, 0.05) is 35.9 Å². The first-order chi connectivity index (χ1) is 14.3. The average Bonchev–Trinajstić information content (AvgIpc) is 2.69. The third-order valence-electron chi connectivity index (χ3n) is 5.91. The summed E-state index contributed by atoms with van der Waals surface area (Å²) in [6, 6.07) is 4.27. The summed E-state index contributed by atoms with van der Waals surface area (Å²) in [5.41, 5.74) is -0.344. The number of rotatable bonds is 12. The number of anilines is 1. The predicted molar refractivity (Wildman–Crippen MR) is 124 cm³/mol. The van der Waals surface area contributed by atoms with Gasteiger partial charge in [-0.3, -0.25) is 4.79 Å². The number of pyridine rings is 1. The normalized spacial score (nSPS) is 15.4. The third kappa shape index (κ3) is 6.78. The molecule has 1 aliphatic rings. The van der Waals surface area contributed by atoms with Crippen LogP contribution in [0.15, 0.2) is 17.2 Å². The van der Waals surface area contributed by atoms with Crippen LogP contribution in [0.25, 0.3) is 0 Å². The molecule has 1 aliphatic heterocycles. The van der Waals surface area contributed by atoms with Gasteiger partial charge in [-0.15, -0.1) is 11.8 Å². The summed E-state index contributed by atoms with van der Waals surface area (Å²) < 4.78 is 5.47. The van der Waals surface area contributed by atoms with Crippen LogP contribution in [0.1, 0.15) is 59.8 Å². The molecule has 1 unspecified atom stereocenters. The number of ether oxygens (including phenoxy) is 1. The molecule has 5 nitrogen and oxygen atoms in total. The molecule has 166 valence electrons. The van der Waals surface area contributed by atoms with Gasteiger partial charge in [0.15, 0.2) is 0 Å². The van der Waals surface area contributed by atoms with Crippen molar-refractivity contribution in [2.45, 2.75) is 64.7 Å². The molecule has 1 atom stereocenters. The molecule has 1 saturated heterocycles. The van der Waals surface area contributed by atoms with E-state index in [4.69, 9.17) is 16.3 Å². The van der Waals surface area contributed by atoms with Crippen LogP contribution < -0.4 is 4.90 Å². The maximum absolute atomic E-state index is 12.1. The second kappa shape index (κ2) is 11.8. The Kier molecular flexibility index (Phi) is 9.77. The van der Waals surface area contributed by atoms with Gasteiger partial charge in [-0.25, -0.2) is 4.98 Å². The van der Waals surface area contributed by atoms with Gasteiger partial charge in [-0.2, -0.15) is 5.26 Å². The summed E-state index contributed by atoms with van der Waals surface area (Å²) in [4.78, 5) is 19.6. The van der Waals surface area contributed by atoms with E-state index in [1.807, 2.05) is 19.9 Å². The van der Waals surface area contributed by atoms with Gasteiger partial charge < -0.3 is 9.64 Å². The van der Waals surface area contributed by atoms with E-state index in [-0.39, 0.29) is 11.4 Å². The zero-order valence-electron chi connectivity index (χ0n) is 18.6. The van der Waals surface area contributed by atoms with E-state index < -0.39 is 0 Å². The number of carbonyl (C=O) groups is 1. The topological polar surface area (TPSA) is 66.2 Å². The first kappa shape index (κ1) is 24.8. The first-order valence-corrected chi connectivity index (χ1v) is 12.3. The highest BCUT2D eigenvalue weighted by Crippen LogP contribution is 2.40. The van der Waals surface area contributed by atoms with Crippen molar-refractivity contribution in [3.8, 4) is 6.07 Å². The van der Waals surface area contributed by atoms with Crippen LogP contribution >= 0.6 is 23.4 Å². The molecule has 1 aromatic rings. The van der Waals surface area contributed by atoms with Crippen molar-refractivity contribution >= 4 is 35.1 Å². The molecule has 0 aromatic carbocycles. The van der Waals surface area contributed by atoms with E-state index in [1.54, 1.807) is 18.0 Å². The second-order valence-electron chi connectivity index (χ2n) is 8.58. The number of halogens is 1. The Labute approximate surface area is 190 Å². The van der Waals surface area contributed by atoms with Gasteiger partial charge in [0.1, 0.15) is 5.82 Å². The Morgan fingerprint density at radius 3 is 2.83 bits per heavy atom. The Balaban J connectivity index is 1.80. The highest BCUT2D eigenvalue weighted by atomic mass is 35.5. The number of nitriles is 1. The molecule has 1 fully saturated rings. The Morgan fingerprint density at radius 1 is 1.47 bits per heavy atom. The van der Waals surface area contributed by atoms with E-state index in [1.165, 1.54) is 12.8 Å². The van der Waals surface area contributed by atoms with Crippen molar-refractivity contribution in [2.75, 3.05) is 30.3 Å². The summed E-state index contributed by atoms with van der Waals surface area (Å²) in [5.74, 6) is 2.02. The van der Waals surface area contributed by atoms with Crippen molar-refractivity contribution in [3.05, 3.63) is 17.3 Å². The molecule has 0 aliphatic carbocycles. The van der Waals surface area contributed by atoms with Gasteiger partial charge in [0.2, 0.25) is 0 Å². The number of thioether (sulfide) groups is 1. The maximum Gasteiger partial charge on any atom is 0.306 e. The number of aromatic nitrogens is 1. The smallest absolute Gasteiger partial charge is 0.306 e. The fourth-order valence-electron chi connectivity index (χ4n) is 3.37. The van der Waals surface area contributed by atoms with Gasteiger partial charge in [0.25, 0.3) is 0 Å². The van der Waals surface area contributed by atoms with Crippen LogP contribution in [0, 0.1) is 28.6 Å². The van der Waals surface area contributed by atoms with E-state index in [0.717, 1.165) is 36.6 Å². The molecular weight excluding hydrogens is 418 g/mol. The van der Waals surface area contributed by atoms with Gasteiger partial charge in [0.05, 0.1) is 29.5 Å². The maximum atomic E-state index is 12.1. The summed E-state index contributed by atoms with van der Waals surface area (Å²) in [6.45, 7) is 10.4. The molecule has 30 heavy (non-hydrogen) atoms. The second-order valence-corrected chi connectivity index (χ2v) is 10.1. The number of hydrogen-bond acceptors (Lipinski definition) is 6. The minimum atomic E-state index is -0.344. The minimum Gasteiger partial charge on any atom is -0.465 e. The number of carbonyl (C=O) groups excluding carboxylic acids is 1. The lowest BCUT2D eigenvalue weighted by Gasteiger charge is -2.45. The summed E-state index contributed by atoms with van der Waals surface area (Å²) in [5, 5.41) is 9.92. The van der Waals surface area contributed by atoms with Crippen LogP contribution in [0.3, 0.4) is 0 Å². The molecule has 7 heteroatoms. The monoisotopic (exact) mass is 451 g/mol. The van der Waals surface area contributed by atoms with Crippen molar-refractivity contribution in [3.63, 3.8) is 0 Å². The SMILES string of the molecule is CCCCC(CC)COC(=O)CCSc1ccnc(N2CC(C(C)(C)C#N)C2)c1Cl.